The number of methoxy groups -OCH3 is 1. The van der Waals surface area contributed by atoms with Gasteiger partial charge in [0.1, 0.15) is 0 Å². The number of carbonyl (C=O) groups excluding carboxylic acids is 1. The van der Waals surface area contributed by atoms with Crippen LogP contribution in [0.4, 0.5) is 8.78 Å². The second-order valence-electron chi connectivity index (χ2n) is 4.36. The van der Waals surface area contributed by atoms with Gasteiger partial charge < -0.3 is 10.1 Å². The lowest BCUT2D eigenvalue weighted by Gasteiger charge is -2.24. The zero-order valence-corrected chi connectivity index (χ0v) is 10.1. The molecule has 0 aromatic heterocycles. The summed E-state index contributed by atoms with van der Waals surface area (Å²) < 4.78 is 31.4. The van der Waals surface area contributed by atoms with Crippen molar-refractivity contribution in [3.63, 3.8) is 0 Å². The number of esters is 1. The fraction of sp³-hybridized carbons (Fsp3) is 0.462. The third-order valence-electron chi connectivity index (χ3n) is 3.17. The molecule has 1 saturated heterocycles. The summed E-state index contributed by atoms with van der Waals surface area (Å²) in [6.07, 6.45) is 2.96. The molecule has 0 saturated carbocycles. The molecule has 0 radical (unpaired) electrons. The summed E-state index contributed by atoms with van der Waals surface area (Å²) in [4.78, 5) is 11.4. The molecule has 0 amide bonds. The van der Waals surface area contributed by atoms with Gasteiger partial charge in [-0.25, -0.2) is 13.6 Å². The van der Waals surface area contributed by atoms with Gasteiger partial charge in [-0.1, -0.05) is 6.42 Å². The van der Waals surface area contributed by atoms with Gasteiger partial charge in [0.2, 0.25) is 0 Å². The molecule has 0 spiro atoms. The van der Waals surface area contributed by atoms with Crippen LogP contribution in [0.2, 0.25) is 0 Å². The second-order valence-corrected chi connectivity index (χ2v) is 4.36. The van der Waals surface area contributed by atoms with Crippen molar-refractivity contribution in [1.82, 2.24) is 5.32 Å². The average molecular weight is 255 g/mol. The van der Waals surface area contributed by atoms with Crippen LogP contribution < -0.4 is 5.32 Å². The van der Waals surface area contributed by atoms with Crippen LogP contribution in [0.25, 0.3) is 0 Å². The van der Waals surface area contributed by atoms with Crippen molar-refractivity contribution in [2.75, 3.05) is 13.7 Å². The number of rotatable bonds is 2. The van der Waals surface area contributed by atoms with Gasteiger partial charge in [0.15, 0.2) is 11.6 Å². The summed E-state index contributed by atoms with van der Waals surface area (Å²) in [6, 6.07) is 2.48. The molecule has 1 unspecified atom stereocenters. The van der Waals surface area contributed by atoms with E-state index in [-0.39, 0.29) is 11.6 Å². The number of carbonyl (C=O) groups is 1. The Morgan fingerprint density at radius 3 is 2.78 bits per heavy atom. The molecule has 1 aliphatic heterocycles. The van der Waals surface area contributed by atoms with E-state index in [1.54, 1.807) is 0 Å². The van der Waals surface area contributed by atoms with Crippen LogP contribution in [-0.2, 0) is 4.74 Å². The Hall–Kier alpha value is -1.49. The molecule has 1 aromatic carbocycles. The predicted octanol–water partition coefficient (Wildman–Crippen LogP) is 2.57. The number of hydrogen-bond acceptors (Lipinski definition) is 3. The number of ether oxygens (including phenoxy) is 1. The SMILES string of the molecule is COC(=O)c1cc(C2CCCCN2)cc(F)c1F. The fourth-order valence-electron chi connectivity index (χ4n) is 2.21. The van der Waals surface area contributed by atoms with Crippen molar-refractivity contribution in [2.24, 2.45) is 0 Å². The summed E-state index contributed by atoms with van der Waals surface area (Å²) in [6.45, 7) is 0.844. The Balaban J connectivity index is 2.36. The minimum Gasteiger partial charge on any atom is -0.465 e. The van der Waals surface area contributed by atoms with Gasteiger partial charge >= 0.3 is 5.97 Å². The van der Waals surface area contributed by atoms with Crippen molar-refractivity contribution in [1.29, 1.82) is 0 Å². The molecular formula is C13H15F2NO2. The van der Waals surface area contributed by atoms with Gasteiger partial charge in [0.25, 0.3) is 0 Å². The lowest BCUT2D eigenvalue weighted by Crippen LogP contribution is -2.27. The first-order chi connectivity index (χ1) is 8.63. The monoisotopic (exact) mass is 255 g/mol. The van der Waals surface area contributed by atoms with Gasteiger partial charge in [-0.3, -0.25) is 0 Å². The molecular weight excluding hydrogens is 240 g/mol. The maximum atomic E-state index is 13.5. The molecule has 0 bridgehead atoms. The van der Waals surface area contributed by atoms with E-state index in [0.29, 0.717) is 5.56 Å². The highest BCUT2D eigenvalue weighted by molar-refractivity contribution is 5.89. The molecule has 1 N–H and O–H groups in total. The normalized spacial score (nSPS) is 19.6. The van der Waals surface area contributed by atoms with Crippen LogP contribution in [0.15, 0.2) is 12.1 Å². The standard InChI is InChI=1S/C13H15F2NO2/c1-18-13(17)9-6-8(7-10(14)12(9)15)11-4-2-3-5-16-11/h6-7,11,16H,2-5H2,1H3. The Morgan fingerprint density at radius 2 is 2.17 bits per heavy atom. The highest BCUT2D eigenvalue weighted by atomic mass is 19.2. The van der Waals surface area contributed by atoms with Gasteiger partial charge in [0, 0.05) is 6.04 Å². The Labute approximate surface area is 104 Å². The molecule has 0 aliphatic carbocycles. The minimum atomic E-state index is -1.15. The van der Waals surface area contributed by atoms with E-state index in [9.17, 15) is 13.6 Å². The van der Waals surface area contributed by atoms with Gasteiger partial charge in [-0.15, -0.1) is 0 Å². The Bertz CT molecular complexity index is 457. The number of hydrogen-bond donors (Lipinski definition) is 1. The zero-order chi connectivity index (χ0) is 13.1. The molecule has 1 aromatic rings. The average Bonchev–Trinajstić information content (AvgIpc) is 2.41. The van der Waals surface area contributed by atoms with E-state index in [0.717, 1.165) is 39.0 Å². The Morgan fingerprint density at radius 1 is 1.39 bits per heavy atom. The van der Waals surface area contributed by atoms with Crippen LogP contribution in [-0.4, -0.2) is 19.6 Å². The number of benzene rings is 1. The van der Waals surface area contributed by atoms with Gasteiger partial charge in [-0.2, -0.15) is 0 Å². The molecule has 1 aliphatic rings. The summed E-state index contributed by atoms with van der Waals surface area (Å²) in [7, 11) is 1.14. The van der Waals surface area contributed by atoms with Crippen molar-refractivity contribution in [3.8, 4) is 0 Å². The summed E-state index contributed by atoms with van der Waals surface area (Å²) in [5.41, 5.74) is 0.244. The first kappa shape index (κ1) is 13.0. The van der Waals surface area contributed by atoms with E-state index in [1.165, 1.54) is 6.07 Å². The van der Waals surface area contributed by atoms with Crippen molar-refractivity contribution >= 4 is 5.97 Å². The van der Waals surface area contributed by atoms with Gasteiger partial charge in [-0.05, 0) is 37.1 Å². The first-order valence-corrected chi connectivity index (χ1v) is 5.94. The fourth-order valence-corrected chi connectivity index (χ4v) is 2.21. The Kier molecular flexibility index (Phi) is 3.91. The summed E-state index contributed by atoms with van der Waals surface area (Å²) in [5, 5.41) is 3.22. The minimum absolute atomic E-state index is 0.0303. The molecule has 18 heavy (non-hydrogen) atoms. The first-order valence-electron chi connectivity index (χ1n) is 5.94. The highest BCUT2D eigenvalue weighted by Gasteiger charge is 2.22. The molecule has 5 heteroatoms. The topological polar surface area (TPSA) is 38.3 Å². The molecule has 1 heterocycles. The number of nitrogens with one attached hydrogen (secondary N) is 1. The van der Waals surface area contributed by atoms with Crippen molar-refractivity contribution in [3.05, 3.63) is 34.9 Å². The quantitative estimate of drug-likeness (QED) is 0.825. The molecule has 98 valence electrons. The molecule has 1 atom stereocenters. The van der Waals surface area contributed by atoms with E-state index in [4.69, 9.17) is 0 Å². The van der Waals surface area contributed by atoms with E-state index < -0.39 is 17.6 Å². The van der Waals surface area contributed by atoms with E-state index in [2.05, 4.69) is 10.1 Å². The number of piperidine rings is 1. The highest BCUT2D eigenvalue weighted by Crippen LogP contribution is 2.26. The lowest BCUT2D eigenvalue weighted by molar-refractivity contribution is 0.0594. The third kappa shape index (κ3) is 2.51. The summed E-state index contributed by atoms with van der Waals surface area (Å²) >= 11 is 0. The maximum absolute atomic E-state index is 13.5. The molecule has 1 fully saturated rings. The van der Waals surface area contributed by atoms with E-state index >= 15 is 0 Å². The zero-order valence-electron chi connectivity index (χ0n) is 10.1. The van der Waals surface area contributed by atoms with Crippen molar-refractivity contribution in [2.45, 2.75) is 25.3 Å². The smallest absolute Gasteiger partial charge is 0.340 e. The van der Waals surface area contributed by atoms with Crippen LogP contribution in [0, 0.1) is 11.6 Å². The molecule has 3 nitrogen and oxygen atoms in total. The predicted molar refractivity (Wildman–Crippen MR) is 62.3 cm³/mol. The van der Waals surface area contributed by atoms with Crippen LogP contribution in [0.5, 0.6) is 0 Å². The third-order valence-corrected chi connectivity index (χ3v) is 3.17. The van der Waals surface area contributed by atoms with Crippen LogP contribution in [0.1, 0.15) is 41.2 Å². The van der Waals surface area contributed by atoms with Gasteiger partial charge in [0.05, 0.1) is 12.7 Å². The lowest BCUT2D eigenvalue weighted by atomic mass is 9.96. The summed E-state index contributed by atoms with van der Waals surface area (Å²) in [5.74, 6) is -3.02. The van der Waals surface area contributed by atoms with Crippen molar-refractivity contribution < 1.29 is 18.3 Å². The maximum Gasteiger partial charge on any atom is 0.340 e. The van der Waals surface area contributed by atoms with Crippen LogP contribution in [0.3, 0.4) is 0 Å². The van der Waals surface area contributed by atoms with E-state index in [1.807, 2.05) is 0 Å². The number of halogens is 2. The second kappa shape index (κ2) is 5.44. The largest absolute Gasteiger partial charge is 0.465 e. The molecule has 2 rings (SSSR count). The van der Waals surface area contributed by atoms with Crippen LogP contribution >= 0.6 is 0 Å².